The molecule has 84 valence electrons. The van der Waals surface area contributed by atoms with Gasteiger partial charge in [-0.1, -0.05) is 6.07 Å². The second-order valence-corrected chi connectivity index (χ2v) is 3.17. The Morgan fingerprint density at radius 1 is 1.62 bits per heavy atom. The molecule has 0 fully saturated rings. The van der Waals surface area contributed by atoms with Gasteiger partial charge in [0, 0.05) is 29.7 Å². The summed E-state index contributed by atoms with van der Waals surface area (Å²) >= 11 is 0. The number of aromatic nitrogens is 1. The van der Waals surface area contributed by atoms with Crippen LogP contribution in [0.2, 0.25) is 0 Å². The van der Waals surface area contributed by atoms with Crippen molar-refractivity contribution in [1.29, 1.82) is 5.41 Å². The second kappa shape index (κ2) is 5.98. The number of methoxy groups -OCH3 is 1. The van der Waals surface area contributed by atoms with Crippen molar-refractivity contribution in [2.24, 2.45) is 0 Å². The molecule has 2 N–H and O–H groups in total. The van der Waals surface area contributed by atoms with Gasteiger partial charge in [-0.2, -0.15) is 0 Å². The van der Waals surface area contributed by atoms with Gasteiger partial charge in [0.25, 0.3) is 0 Å². The van der Waals surface area contributed by atoms with Gasteiger partial charge in [0.2, 0.25) is 0 Å². The van der Waals surface area contributed by atoms with Crippen molar-refractivity contribution >= 4 is 27.1 Å². The van der Waals surface area contributed by atoms with Crippen LogP contribution in [0.3, 0.4) is 0 Å². The molecule has 6 heteroatoms. The number of nitrogens with zero attached hydrogens (tertiary/aromatic N) is 1. The zero-order chi connectivity index (χ0) is 12.0. The SMILES string of the molecule is COC(=O)c1ccc(/C(C=N)=C/NP)cn1. The molecule has 5 nitrogen and oxygen atoms in total. The van der Waals surface area contributed by atoms with Crippen LogP contribution in [0.4, 0.5) is 0 Å². The normalized spacial score (nSPS) is 10.8. The highest BCUT2D eigenvalue weighted by Gasteiger charge is 2.07. The number of ether oxygens (including phenoxy) is 1. The van der Waals surface area contributed by atoms with Gasteiger partial charge in [0.05, 0.1) is 7.11 Å². The van der Waals surface area contributed by atoms with Gasteiger partial charge in [-0.05, 0) is 15.5 Å². The smallest absolute Gasteiger partial charge is 0.356 e. The van der Waals surface area contributed by atoms with Crippen molar-refractivity contribution in [2.75, 3.05) is 7.11 Å². The first-order valence-electron chi connectivity index (χ1n) is 4.44. The zero-order valence-electron chi connectivity index (χ0n) is 8.73. The molecule has 0 aromatic carbocycles. The first-order chi connectivity index (χ1) is 7.72. The van der Waals surface area contributed by atoms with Crippen molar-refractivity contribution in [3.8, 4) is 0 Å². The van der Waals surface area contributed by atoms with E-state index in [-0.39, 0.29) is 5.69 Å². The van der Waals surface area contributed by atoms with Gasteiger partial charge in [0.15, 0.2) is 0 Å². The van der Waals surface area contributed by atoms with E-state index in [1.165, 1.54) is 19.5 Å². The lowest BCUT2D eigenvalue weighted by Gasteiger charge is -2.02. The van der Waals surface area contributed by atoms with Crippen LogP contribution < -0.4 is 5.09 Å². The number of hydrogen-bond acceptors (Lipinski definition) is 5. The molecule has 0 radical (unpaired) electrons. The minimum absolute atomic E-state index is 0.245. The lowest BCUT2D eigenvalue weighted by molar-refractivity contribution is 0.0594. The first-order valence-corrected chi connectivity index (χ1v) is 5.02. The third-order valence-corrected chi connectivity index (χ3v) is 2.05. The number of carbonyl (C=O) groups is 1. The van der Waals surface area contributed by atoms with E-state index in [1.807, 2.05) is 0 Å². The Balaban J connectivity index is 2.98. The summed E-state index contributed by atoms with van der Waals surface area (Å²) in [6, 6.07) is 3.26. The first kappa shape index (κ1) is 12.3. The summed E-state index contributed by atoms with van der Waals surface area (Å²) in [5, 5.41) is 9.96. The fourth-order valence-electron chi connectivity index (χ4n) is 1.09. The number of carbonyl (C=O) groups excluding carboxylic acids is 1. The van der Waals surface area contributed by atoms with E-state index in [2.05, 4.69) is 24.2 Å². The predicted octanol–water partition coefficient (Wildman–Crippen LogP) is 1.24. The van der Waals surface area contributed by atoms with Crippen molar-refractivity contribution in [1.82, 2.24) is 10.1 Å². The molecule has 0 bridgehead atoms. The average Bonchev–Trinajstić information content (AvgIpc) is 2.35. The highest BCUT2D eigenvalue weighted by Crippen LogP contribution is 2.11. The third kappa shape index (κ3) is 2.87. The van der Waals surface area contributed by atoms with Crippen molar-refractivity contribution < 1.29 is 9.53 Å². The Labute approximate surface area is 95.7 Å². The number of allylic oxidation sites excluding steroid dienone is 1. The maximum absolute atomic E-state index is 11.1. The number of hydrogen-bond donors (Lipinski definition) is 2. The Morgan fingerprint density at radius 2 is 2.38 bits per heavy atom. The Bertz CT molecular complexity index is 415. The van der Waals surface area contributed by atoms with Crippen LogP contribution >= 0.6 is 9.39 Å². The van der Waals surface area contributed by atoms with Crippen molar-refractivity contribution in [2.45, 2.75) is 0 Å². The monoisotopic (exact) mass is 237 g/mol. The van der Waals surface area contributed by atoms with Gasteiger partial charge in [-0.15, -0.1) is 0 Å². The van der Waals surface area contributed by atoms with Gasteiger partial charge in [0.1, 0.15) is 5.69 Å². The topological polar surface area (TPSA) is 75.1 Å². The summed E-state index contributed by atoms with van der Waals surface area (Å²) in [7, 11) is 3.62. The van der Waals surface area contributed by atoms with Crippen LogP contribution in [0.15, 0.2) is 24.5 Å². The molecule has 1 aromatic heterocycles. The molecule has 0 saturated carbocycles. The maximum atomic E-state index is 11.1. The van der Waals surface area contributed by atoms with E-state index in [0.29, 0.717) is 5.57 Å². The quantitative estimate of drug-likeness (QED) is 0.469. The van der Waals surface area contributed by atoms with Gasteiger partial charge < -0.3 is 15.2 Å². The molecule has 0 aliphatic heterocycles. The summed E-state index contributed by atoms with van der Waals surface area (Å²) in [6.07, 6.45) is 4.36. The molecule has 1 heterocycles. The molecule has 0 aliphatic rings. The number of nitrogens with one attached hydrogen (secondary N) is 2. The zero-order valence-corrected chi connectivity index (χ0v) is 9.88. The predicted molar refractivity (Wildman–Crippen MR) is 65.2 cm³/mol. The molecule has 1 rings (SSSR count). The number of esters is 1. The minimum atomic E-state index is -0.476. The molecular formula is C10H12N3O2P. The molecule has 1 aromatic rings. The third-order valence-electron chi connectivity index (χ3n) is 1.89. The van der Waals surface area contributed by atoms with Crippen molar-refractivity contribution in [3.63, 3.8) is 0 Å². The van der Waals surface area contributed by atoms with Crippen LogP contribution in [0.25, 0.3) is 5.57 Å². The summed E-state index contributed by atoms with van der Waals surface area (Å²) in [4.78, 5) is 15.1. The summed E-state index contributed by atoms with van der Waals surface area (Å²) in [5.74, 6) is -0.476. The van der Waals surface area contributed by atoms with Crippen molar-refractivity contribution in [3.05, 3.63) is 35.8 Å². The standard InChI is InChI=1S/C10H12N3O2P/c1-15-10(14)9-3-2-7(5-12-9)8(4-11)6-13-16/h2-6,11,13H,16H2,1H3/b8-6+,11-4?. The van der Waals surface area contributed by atoms with Crippen LogP contribution in [0.5, 0.6) is 0 Å². The Kier molecular flexibility index (Phi) is 4.61. The summed E-state index contributed by atoms with van der Waals surface area (Å²) in [5.41, 5.74) is 1.66. The number of rotatable bonds is 4. The van der Waals surface area contributed by atoms with Gasteiger partial charge in [-0.25, -0.2) is 9.78 Å². The highest BCUT2D eigenvalue weighted by molar-refractivity contribution is 7.13. The largest absolute Gasteiger partial charge is 0.464 e. The molecule has 0 amide bonds. The van der Waals surface area contributed by atoms with E-state index >= 15 is 0 Å². The van der Waals surface area contributed by atoms with E-state index in [9.17, 15) is 4.79 Å². The average molecular weight is 237 g/mol. The van der Waals surface area contributed by atoms with E-state index < -0.39 is 5.97 Å². The second-order valence-electron chi connectivity index (χ2n) is 2.83. The van der Waals surface area contributed by atoms with E-state index in [1.54, 1.807) is 18.3 Å². The fourth-order valence-corrected chi connectivity index (χ4v) is 1.27. The molecule has 1 atom stereocenters. The van der Waals surface area contributed by atoms with Crippen LogP contribution in [0, 0.1) is 5.41 Å². The molecule has 0 aliphatic carbocycles. The molecule has 1 unspecified atom stereocenters. The van der Waals surface area contributed by atoms with E-state index in [0.717, 1.165) is 5.56 Å². The van der Waals surface area contributed by atoms with Crippen LogP contribution in [0.1, 0.15) is 16.1 Å². The molecular weight excluding hydrogens is 225 g/mol. The van der Waals surface area contributed by atoms with E-state index in [4.69, 9.17) is 5.41 Å². The lowest BCUT2D eigenvalue weighted by atomic mass is 10.1. The lowest BCUT2D eigenvalue weighted by Crippen LogP contribution is -2.04. The fraction of sp³-hybridized carbons (Fsp3) is 0.100. The molecule has 16 heavy (non-hydrogen) atoms. The summed E-state index contributed by atoms with van der Waals surface area (Å²) in [6.45, 7) is 0. The molecule has 0 spiro atoms. The Hall–Kier alpha value is -1.74. The van der Waals surface area contributed by atoms with Gasteiger partial charge in [-0.3, -0.25) is 0 Å². The van der Waals surface area contributed by atoms with Gasteiger partial charge >= 0.3 is 5.97 Å². The summed E-state index contributed by atoms with van der Waals surface area (Å²) < 4.78 is 4.53. The minimum Gasteiger partial charge on any atom is -0.464 e. The van der Waals surface area contributed by atoms with Crippen LogP contribution in [-0.4, -0.2) is 24.3 Å². The maximum Gasteiger partial charge on any atom is 0.356 e. The number of pyridine rings is 1. The van der Waals surface area contributed by atoms with Crippen LogP contribution in [-0.2, 0) is 4.74 Å². The molecule has 0 saturated heterocycles. The highest BCUT2D eigenvalue weighted by atomic mass is 31.0. The Morgan fingerprint density at radius 3 is 2.81 bits per heavy atom.